The van der Waals surface area contributed by atoms with E-state index in [0.29, 0.717) is 0 Å². The molecular weight excluding hydrogens is 260 g/mol. The van der Waals surface area contributed by atoms with E-state index in [1.165, 1.54) is 7.11 Å². The van der Waals surface area contributed by atoms with Gasteiger partial charge in [0.1, 0.15) is 12.2 Å². The molecule has 0 aliphatic carbocycles. The largest absolute Gasteiger partial charge is 0.454 e. The summed E-state index contributed by atoms with van der Waals surface area (Å²) in [4.78, 5) is 11.8. The molecule has 0 bridgehead atoms. The first kappa shape index (κ1) is 15.5. The van der Waals surface area contributed by atoms with Crippen molar-refractivity contribution in [1.82, 2.24) is 0 Å². The SMILES string of the molecule is CO[C@H]1C(=O)O[C@@H]2[C@H]1OC(C)(C)O[C@@H]2C=CC(C)(C)C. The van der Waals surface area contributed by atoms with Gasteiger partial charge in [-0.1, -0.05) is 32.9 Å². The molecule has 4 atom stereocenters. The number of rotatable bonds is 2. The fraction of sp³-hybridized carbons (Fsp3) is 0.800. The molecule has 114 valence electrons. The third-order valence-corrected chi connectivity index (χ3v) is 3.31. The van der Waals surface area contributed by atoms with Crippen LogP contribution >= 0.6 is 0 Å². The van der Waals surface area contributed by atoms with Gasteiger partial charge in [0.05, 0.1) is 0 Å². The van der Waals surface area contributed by atoms with Crippen molar-refractivity contribution in [3.8, 4) is 0 Å². The maximum Gasteiger partial charge on any atom is 0.338 e. The van der Waals surface area contributed by atoms with Crippen LogP contribution in [0.25, 0.3) is 0 Å². The molecule has 2 aliphatic heterocycles. The van der Waals surface area contributed by atoms with Crippen LogP contribution in [-0.2, 0) is 23.7 Å². The molecule has 0 radical (unpaired) electrons. The minimum absolute atomic E-state index is 0.0323. The number of carbonyl (C=O) groups excluding carboxylic acids is 1. The van der Waals surface area contributed by atoms with Gasteiger partial charge < -0.3 is 18.9 Å². The molecule has 2 heterocycles. The molecule has 0 saturated carbocycles. The predicted octanol–water partition coefficient (Wildman–Crippen LogP) is 2.05. The van der Waals surface area contributed by atoms with Crippen molar-refractivity contribution in [2.75, 3.05) is 7.11 Å². The van der Waals surface area contributed by atoms with E-state index in [-0.39, 0.29) is 11.5 Å². The summed E-state index contributed by atoms with van der Waals surface area (Å²) >= 11 is 0. The van der Waals surface area contributed by atoms with Gasteiger partial charge in [0.15, 0.2) is 18.0 Å². The number of hydrogen-bond donors (Lipinski definition) is 0. The lowest BCUT2D eigenvalue weighted by Crippen LogP contribution is -2.54. The zero-order chi connectivity index (χ0) is 15.1. The van der Waals surface area contributed by atoms with Crippen molar-refractivity contribution in [1.29, 1.82) is 0 Å². The number of fused-ring (bicyclic) bond motifs is 1. The summed E-state index contributed by atoms with van der Waals surface area (Å²) in [5.41, 5.74) is 0.0323. The van der Waals surface area contributed by atoms with Crippen molar-refractivity contribution in [3.63, 3.8) is 0 Å². The number of ether oxygens (including phenoxy) is 4. The number of hydrogen-bond acceptors (Lipinski definition) is 5. The first-order valence-corrected chi connectivity index (χ1v) is 6.91. The van der Waals surface area contributed by atoms with Gasteiger partial charge in [0.2, 0.25) is 0 Å². The van der Waals surface area contributed by atoms with Crippen LogP contribution in [-0.4, -0.2) is 43.3 Å². The molecule has 0 N–H and O–H groups in total. The lowest BCUT2D eigenvalue weighted by Gasteiger charge is -2.41. The molecule has 2 saturated heterocycles. The van der Waals surface area contributed by atoms with Crippen LogP contribution in [0.2, 0.25) is 0 Å². The van der Waals surface area contributed by atoms with Crippen molar-refractivity contribution < 1.29 is 23.7 Å². The lowest BCUT2D eigenvalue weighted by molar-refractivity contribution is -0.318. The van der Waals surface area contributed by atoms with Crippen LogP contribution < -0.4 is 0 Å². The molecule has 0 aromatic carbocycles. The van der Waals surface area contributed by atoms with Gasteiger partial charge in [0.25, 0.3) is 0 Å². The highest BCUT2D eigenvalue weighted by atomic mass is 16.8. The van der Waals surface area contributed by atoms with Crippen molar-refractivity contribution >= 4 is 5.97 Å². The average molecular weight is 284 g/mol. The van der Waals surface area contributed by atoms with Crippen molar-refractivity contribution in [2.45, 2.75) is 64.8 Å². The van der Waals surface area contributed by atoms with E-state index < -0.39 is 30.1 Å². The Morgan fingerprint density at radius 3 is 2.40 bits per heavy atom. The van der Waals surface area contributed by atoms with Crippen LogP contribution in [0.5, 0.6) is 0 Å². The first-order valence-electron chi connectivity index (χ1n) is 6.91. The van der Waals surface area contributed by atoms with Crippen LogP contribution in [0.3, 0.4) is 0 Å². The van der Waals surface area contributed by atoms with E-state index in [1.54, 1.807) is 0 Å². The maximum absolute atomic E-state index is 11.8. The van der Waals surface area contributed by atoms with E-state index >= 15 is 0 Å². The van der Waals surface area contributed by atoms with Gasteiger partial charge in [-0.3, -0.25) is 0 Å². The molecular formula is C15H24O5. The average Bonchev–Trinajstić information content (AvgIpc) is 2.59. The third-order valence-electron chi connectivity index (χ3n) is 3.31. The summed E-state index contributed by atoms with van der Waals surface area (Å²) in [5.74, 6) is -1.17. The Labute approximate surface area is 120 Å². The highest BCUT2D eigenvalue weighted by Crippen LogP contribution is 2.36. The minimum Gasteiger partial charge on any atom is -0.454 e. The van der Waals surface area contributed by atoms with Gasteiger partial charge in [-0.05, 0) is 19.3 Å². The molecule has 0 unspecified atom stereocenters. The van der Waals surface area contributed by atoms with Crippen LogP contribution in [0.15, 0.2) is 12.2 Å². The molecule has 0 aromatic heterocycles. The molecule has 2 aliphatic rings. The fourth-order valence-corrected chi connectivity index (χ4v) is 2.47. The van der Waals surface area contributed by atoms with Crippen LogP contribution in [0.4, 0.5) is 0 Å². The van der Waals surface area contributed by atoms with E-state index in [1.807, 2.05) is 19.9 Å². The molecule has 5 heteroatoms. The normalized spacial score (nSPS) is 37.0. The molecule has 0 spiro atoms. The molecule has 5 nitrogen and oxygen atoms in total. The Balaban J connectivity index is 2.24. The second kappa shape index (κ2) is 5.13. The van der Waals surface area contributed by atoms with E-state index in [2.05, 4.69) is 26.8 Å². The number of carbonyl (C=O) groups is 1. The summed E-state index contributed by atoms with van der Waals surface area (Å²) in [6, 6.07) is 0. The minimum atomic E-state index is -0.779. The predicted molar refractivity (Wildman–Crippen MR) is 73.1 cm³/mol. The maximum atomic E-state index is 11.8. The van der Waals surface area contributed by atoms with Gasteiger partial charge in [-0.25, -0.2) is 4.79 Å². The number of allylic oxidation sites excluding steroid dienone is 1. The molecule has 0 amide bonds. The molecule has 20 heavy (non-hydrogen) atoms. The molecule has 2 rings (SSSR count). The zero-order valence-electron chi connectivity index (χ0n) is 13.0. The topological polar surface area (TPSA) is 54.0 Å². The summed E-state index contributed by atoms with van der Waals surface area (Å²) in [7, 11) is 1.49. The summed E-state index contributed by atoms with van der Waals surface area (Å²) < 4.78 is 22.3. The first-order chi connectivity index (χ1) is 9.13. The monoisotopic (exact) mass is 284 g/mol. The van der Waals surface area contributed by atoms with Gasteiger partial charge >= 0.3 is 5.97 Å². The van der Waals surface area contributed by atoms with Gasteiger partial charge in [-0.2, -0.15) is 0 Å². The lowest BCUT2D eigenvalue weighted by atomic mass is 9.94. The second-order valence-electron chi connectivity index (χ2n) is 6.85. The molecule has 2 fully saturated rings. The Morgan fingerprint density at radius 1 is 1.20 bits per heavy atom. The zero-order valence-corrected chi connectivity index (χ0v) is 13.0. The highest BCUT2D eigenvalue weighted by molar-refractivity contribution is 5.78. The van der Waals surface area contributed by atoms with E-state index in [0.717, 1.165) is 0 Å². The van der Waals surface area contributed by atoms with E-state index in [4.69, 9.17) is 18.9 Å². The standard InChI is InChI=1S/C15H24O5/c1-14(2,3)8-7-9-10-11(20-15(4,5)19-9)12(17-6)13(16)18-10/h7-12H,1-6H3/t9-,10+,11-,12-/m1/s1. The number of esters is 1. The third kappa shape index (κ3) is 3.22. The van der Waals surface area contributed by atoms with Crippen LogP contribution in [0.1, 0.15) is 34.6 Å². The van der Waals surface area contributed by atoms with Crippen molar-refractivity contribution in [2.24, 2.45) is 5.41 Å². The summed E-state index contributed by atoms with van der Waals surface area (Å²) in [6.45, 7) is 9.96. The Kier molecular flexibility index (Phi) is 3.97. The smallest absolute Gasteiger partial charge is 0.338 e. The number of methoxy groups -OCH3 is 1. The quantitative estimate of drug-likeness (QED) is 0.574. The van der Waals surface area contributed by atoms with Crippen LogP contribution in [0, 0.1) is 5.41 Å². The fourth-order valence-electron chi connectivity index (χ4n) is 2.47. The van der Waals surface area contributed by atoms with Crippen molar-refractivity contribution in [3.05, 3.63) is 12.2 Å². The Morgan fingerprint density at radius 2 is 1.85 bits per heavy atom. The second-order valence-corrected chi connectivity index (χ2v) is 6.85. The Hall–Kier alpha value is -0.910. The molecule has 0 aromatic rings. The van der Waals surface area contributed by atoms with Gasteiger partial charge in [-0.15, -0.1) is 0 Å². The summed E-state index contributed by atoms with van der Waals surface area (Å²) in [6.07, 6.45) is 2.10. The van der Waals surface area contributed by atoms with E-state index in [9.17, 15) is 4.79 Å². The summed E-state index contributed by atoms with van der Waals surface area (Å²) in [5, 5.41) is 0. The Bertz CT molecular complexity index is 407. The highest BCUT2D eigenvalue weighted by Gasteiger charge is 2.55. The van der Waals surface area contributed by atoms with Gasteiger partial charge in [0, 0.05) is 7.11 Å².